The zero-order valence-electron chi connectivity index (χ0n) is 7.85. The van der Waals surface area contributed by atoms with Gasteiger partial charge in [0.1, 0.15) is 6.33 Å². The minimum atomic E-state index is 0.375. The molecule has 13 heavy (non-hydrogen) atoms. The fraction of sp³-hybridized carbons (Fsp3) is 0.375. The van der Waals surface area contributed by atoms with E-state index in [-0.39, 0.29) is 0 Å². The van der Waals surface area contributed by atoms with Gasteiger partial charge in [0.05, 0.1) is 14.2 Å². The lowest BCUT2D eigenvalue weighted by Crippen LogP contribution is -1.88. The Hall–Kier alpha value is -1.65. The summed E-state index contributed by atoms with van der Waals surface area (Å²) in [5.41, 5.74) is 0.918. The van der Waals surface area contributed by atoms with Crippen LogP contribution in [0.25, 0.3) is 0 Å². The van der Waals surface area contributed by atoms with Crippen LogP contribution in [0.3, 0.4) is 0 Å². The normalized spacial score (nSPS) is 7.92. The maximum absolute atomic E-state index is 8.95. The Labute approximate surface area is 76.7 Å². The number of hydrogen-bond donors (Lipinski definition) is 0. The van der Waals surface area contributed by atoms with E-state index in [1.807, 2.05) is 6.92 Å². The van der Waals surface area contributed by atoms with Crippen molar-refractivity contribution >= 4 is 6.47 Å². The topological polar surface area (TPSA) is 61.3 Å². The fourth-order valence-corrected chi connectivity index (χ4v) is 0.542. The molecule has 0 aliphatic carbocycles. The van der Waals surface area contributed by atoms with E-state index in [0.29, 0.717) is 12.4 Å². The number of carbonyl (C=O) groups is 1. The van der Waals surface area contributed by atoms with Crippen LogP contribution >= 0.6 is 0 Å². The molecule has 0 atom stereocenters. The first-order chi connectivity index (χ1) is 6.24. The van der Waals surface area contributed by atoms with E-state index in [9.17, 15) is 0 Å². The highest BCUT2D eigenvalue weighted by Gasteiger charge is 1.89. The summed E-state index contributed by atoms with van der Waals surface area (Å²) in [6, 6.07) is 1.78. The van der Waals surface area contributed by atoms with E-state index in [2.05, 4.69) is 14.7 Å². The molecule has 0 spiro atoms. The third kappa shape index (κ3) is 5.60. The molecular weight excluding hydrogens is 172 g/mol. The van der Waals surface area contributed by atoms with Crippen LogP contribution in [0.2, 0.25) is 0 Å². The second-order valence-corrected chi connectivity index (χ2v) is 2.03. The average molecular weight is 184 g/mol. The number of methoxy groups -OCH3 is 2. The Bertz CT molecular complexity index is 253. The van der Waals surface area contributed by atoms with Crippen molar-refractivity contribution in [3.05, 3.63) is 18.1 Å². The highest BCUT2D eigenvalue weighted by Crippen LogP contribution is 2.02. The van der Waals surface area contributed by atoms with Crippen LogP contribution in [0.4, 0.5) is 0 Å². The summed E-state index contributed by atoms with van der Waals surface area (Å²) in [6.07, 6.45) is 1.48. The van der Waals surface area contributed by atoms with Crippen LogP contribution in [0.15, 0.2) is 12.4 Å². The number of ether oxygens (including phenoxy) is 2. The molecule has 0 saturated heterocycles. The second-order valence-electron chi connectivity index (χ2n) is 2.03. The van der Waals surface area contributed by atoms with E-state index < -0.39 is 0 Å². The molecule has 0 aromatic carbocycles. The molecule has 0 fully saturated rings. The van der Waals surface area contributed by atoms with Gasteiger partial charge in [-0.1, -0.05) is 0 Å². The molecule has 0 aliphatic rings. The van der Waals surface area contributed by atoms with E-state index >= 15 is 0 Å². The third-order valence-corrected chi connectivity index (χ3v) is 1.08. The van der Waals surface area contributed by atoms with Gasteiger partial charge in [0.15, 0.2) is 0 Å². The van der Waals surface area contributed by atoms with Crippen molar-refractivity contribution in [2.75, 3.05) is 14.2 Å². The number of carbonyl (C=O) groups excluding carboxylic acids is 1. The summed E-state index contributed by atoms with van der Waals surface area (Å²) in [7, 11) is 2.90. The quantitative estimate of drug-likeness (QED) is 0.629. The van der Waals surface area contributed by atoms with Gasteiger partial charge in [-0.25, -0.2) is 9.97 Å². The number of aromatic nitrogens is 2. The largest absolute Gasteiger partial charge is 0.481 e. The molecular formula is C8H12N2O3. The first kappa shape index (κ1) is 11.4. The standard InChI is InChI=1S/C6H8N2O.C2H4O2/c1-5-3-6(9-2)8-4-7-5;1-4-2-3/h3-4H,1-2H3;2H,1H3. The fourth-order valence-electron chi connectivity index (χ4n) is 0.542. The molecule has 0 radical (unpaired) electrons. The van der Waals surface area contributed by atoms with Crippen LogP contribution in [0.1, 0.15) is 5.69 Å². The van der Waals surface area contributed by atoms with Gasteiger partial charge >= 0.3 is 0 Å². The highest BCUT2D eigenvalue weighted by atomic mass is 16.5. The lowest BCUT2D eigenvalue weighted by atomic mass is 10.4. The Kier molecular flexibility index (Phi) is 6.13. The Balaban J connectivity index is 0.000000310. The molecule has 1 aromatic heterocycles. The smallest absolute Gasteiger partial charge is 0.292 e. The molecule has 5 nitrogen and oxygen atoms in total. The van der Waals surface area contributed by atoms with Gasteiger partial charge in [-0.15, -0.1) is 0 Å². The molecule has 0 saturated carbocycles. The van der Waals surface area contributed by atoms with E-state index in [4.69, 9.17) is 9.53 Å². The number of rotatable bonds is 2. The number of nitrogens with zero attached hydrogens (tertiary/aromatic N) is 2. The van der Waals surface area contributed by atoms with Gasteiger partial charge in [-0.2, -0.15) is 0 Å². The predicted molar refractivity (Wildman–Crippen MR) is 46.4 cm³/mol. The van der Waals surface area contributed by atoms with E-state index in [1.165, 1.54) is 13.4 Å². The lowest BCUT2D eigenvalue weighted by Gasteiger charge is -1.95. The SMILES string of the molecule is COC=O.COc1cc(C)ncn1. The maximum atomic E-state index is 8.95. The zero-order valence-corrected chi connectivity index (χ0v) is 7.85. The summed E-state index contributed by atoms with van der Waals surface area (Å²) in [5.74, 6) is 0.613. The van der Waals surface area contributed by atoms with Crippen LogP contribution in [-0.2, 0) is 9.53 Å². The second kappa shape index (κ2) is 7.02. The van der Waals surface area contributed by atoms with Crippen molar-refractivity contribution in [3.63, 3.8) is 0 Å². The molecule has 0 N–H and O–H groups in total. The van der Waals surface area contributed by atoms with Crippen molar-refractivity contribution in [3.8, 4) is 5.88 Å². The first-order valence-electron chi connectivity index (χ1n) is 3.53. The van der Waals surface area contributed by atoms with Gasteiger partial charge in [-0.3, -0.25) is 4.79 Å². The third-order valence-electron chi connectivity index (χ3n) is 1.08. The highest BCUT2D eigenvalue weighted by molar-refractivity contribution is 5.36. The van der Waals surface area contributed by atoms with Gasteiger partial charge in [0.2, 0.25) is 5.88 Å². The Morgan fingerprint density at radius 1 is 1.38 bits per heavy atom. The summed E-state index contributed by atoms with van der Waals surface area (Å²) in [5, 5.41) is 0. The molecule has 5 heteroatoms. The predicted octanol–water partition coefficient (Wildman–Crippen LogP) is 0.583. The van der Waals surface area contributed by atoms with Gasteiger partial charge in [-0.05, 0) is 6.92 Å². The molecule has 1 rings (SSSR count). The molecule has 0 bridgehead atoms. The Morgan fingerprint density at radius 3 is 2.31 bits per heavy atom. The van der Waals surface area contributed by atoms with Crippen LogP contribution in [-0.4, -0.2) is 30.7 Å². The van der Waals surface area contributed by atoms with Crippen LogP contribution in [0.5, 0.6) is 5.88 Å². The molecule has 0 unspecified atom stereocenters. The van der Waals surface area contributed by atoms with Crippen molar-refractivity contribution < 1.29 is 14.3 Å². The molecule has 0 aliphatic heterocycles. The van der Waals surface area contributed by atoms with Crippen LogP contribution in [0, 0.1) is 6.92 Å². The zero-order chi connectivity index (χ0) is 10.1. The van der Waals surface area contributed by atoms with Gasteiger partial charge < -0.3 is 9.47 Å². The molecule has 72 valence electrons. The van der Waals surface area contributed by atoms with Crippen molar-refractivity contribution in [2.45, 2.75) is 6.92 Å². The first-order valence-corrected chi connectivity index (χ1v) is 3.53. The molecule has 1 aromatic rings. The minimum Gasteiger partial charge on any atom is -0.481 e. The maximum Gasteiger partial charge on any atom is 0.292 e. The summed E-state index contributed by atoms with van der Waals surface area (Å²) in [6.45, 7) is 2.27. The summed E-state index contributed by atoms with van der Waals surface area (Å²) >= 11 is 0. The van der Waals surface area contributed by atoms with Gasteiger partial charge in [0.25, 0.3) is 6.47 Å². The van der Waals surface area contributed by atoms with Crippen LogP contribution < -0.4 is 4.74 Å². The monoisotopic (exact) mass is 184 g/mol. The number of aryl methyl sites for hydroxylation is 1. The Morgan fingerprint density at radius 2 is 2.00 bits per heavy atom. The summed E-state index contributed by atoms with van der Waals surface area (Å²) in [4.78, 5) is 16.7. The van der Waals surface area contributed by atoms with E-state index in [1.54, 1.807) is 13.2 Å². The van der Waals surface area contributed by atoms with E-state index in [0.717, 1.165) is 5.69 Å². The van der Waals surface area contributed by atoms with Crippen molar-refractivity contribution in [1.29, 1.82) is 0 Å². The lowest BCUT2D eigenvalue weighted by molar-refractivity contribution is -0.126. The molecule has 0 amide bonds. The van der Waals surface area contributed by atoms with Crippen molar-refractivity contribution in [2.24, 2.45) is 0 Å². The number of hydrogen-bond acceptors (Lipinski definition) is 5. The molecule has 1 heterocycles. The minimum absolute atomic E-state index is 0.375. The van der Waals surface area contributed by atoms with Gasteiger partial charge in [0, 0.05) is 11.8 Å². The summed E-state index contributed by atoms with van der Waals surface area (Å²) < 4.78 is 8.70. The average Bonchev–Trinajstić information content (AvgIpc) is 2.18. The van der Waals surface area contributed by atoms with Crippen molar-refractivity contribution in [1.82, 2.24) is 9.97 Å².